The second kappa shape index (κ2) is 13.0. The zero-order valence-corrected chi connectivity index (χ0v) is 26.1. The van der Waals surface area contributed by atoms with Gasteiger partial charge in [-0.05, 0) is 84.0 Å². The number of rotatable bonds is 8. The first-order valence-electron chi connectivity index (χ1n) is 15.4. The predicted molar refractivity (Wildman–Crippen MR) is 172 cm³/mol. The number of benzene rings is 3. The lowest BCUT2D eigenvalue weighted by molar-refractivity contribution is -0.153. The van der Waals surface area contributed by atoms with Crippen molar-refractivity contribution in [2.24, 2.45) is 5.92 Å². The van der Waals surface area contributed by atoms with E-state index in [-0.39, 0.29) is 29.2 Å². The van der Waals surface area contributed by atoms with E-state index in [0.717, 1.165) is 63.4 Å². The number of nitrogens with zero attached hydrogens (tertiary/aromatic N) is 4. The van der Waals surface area contributed by atoms with Crippen molar-refractivity contribution in [3.63, 3.8) is 0 Å². The second-order valence-electron chi connectivity index (χ2n) is 12.1. The van der Waals surface area contributed by atoms with Gasteiger partial charge in [0.1, 0.15) is 5.82 Å². The number of carbonyl (C=O) groups excluding carboxylic acids is 2. The lowest BCUT2D eigenvalue weighted by Crippen LogP contribution is -2.40. The molecule has 5 aromatic rings. The van der Waals surface area contributed by atoms with Crippen molar-refractivity contribution < 1.29 is 31.9 Å². The van der Waals surface area contributed by atoms with E-state index in [1.165, 1.54) is 12.1 Å². The maximum atomic E-state index is 13.4. The van der Waals surface area contributed by atoms with Crippen LogP contribution in [0, 0.1) is 11.7 Å². The Labute approximate surface area is 272 Å². The quantitative estimate of drug-likeness (QED) is 0.159. The van der Waals surface area contributed by atoms with Crippen molar-refractivity contribution in [1.29, 1.82) is 0 Å². The molecule has 1 saturated heterocycles. The number of aromatic nitrogens is 4. The Morgan fingerprint density at radius 2 is 1.75 bits per heavy atom. The van der Waals surface area contributed by atoms with E-state index in [2.05, 4.69) is 26.7 Å². The molecule has 1 aliphatic rings. The Morgan fingerprint density at radius 1 is 1.06 bits per heavy atom. The van der Waals surface area contributed by atoms with Gasteiger partial charge in [-0.15, -0.1) is 0 Å². The zero-order chi connectivity index (χ0) is 34.2. The smallest absolute Gasteiger partial charge is 0.422 e. The fraction of sp³-hybridized carbons (Fsp3) is 0.294. The fourth-order valence-corrected chi connectivity index (χ4v) is 5.90. The fourth-order valence-electron chi connectivity index (χ4n) is 5.90. The lowest BCUT2D eigenvalue weighted by Gasteiger charge is -2.33. The summed E-state index contributed by atoms with van der Waals surface area (Å²) in [6, 6.07) is 16.1. The molecule has 0 unspecified atom stereocenters. The molecule has 1 aliphatic heterocycles. The molecule has 0 aliphatic carbocycles. The average Bonchev–Trinajstić information content (AvgIpc) is 3.67. The minimum atomic E-state index is -4.65. The number of aromatic amines is 1. The number of nitrogens with two attached hydrogens (primary N) is 1. The van der Waals surface area contributed by atoms with Crippen molar-refractivity contribution in [3.05, 3.63) is 83.9 Å². The number of alkyl halides is 3. The summed E-state index contributed by atoms with van der Waals surface area (Å²) in [6.45, 7) is 3.54. The molecule has 14 heteroatoms. The van der Waals surface area contributed by atoms with E-state index in [0.29, 0.717) is 30.3 Å². The van der Waals surface area contributed by atoms with Gasteiger partial charge < -0.3 is 20.7 Å². The molecular formula is C34H33F4N7O3. The molecule has 3 aromatic carbocycles. The molecule has 0 saturated carbocycles. The third-order valence-electron chi connectivity index (χ3n) is 8.32. The number of fused-ring (bicyclic) bond motifs is 1. The van der Waals surface area contributed by atoms with Crippen LogP contribution in [0.3, 0.4) is 0 Å². The van der Waals surface area contributed by atoms with Crippen LogP contribution in [0.2, 0.25) is 0 Å². The van der Waals surface area contributed by atoms with Crippen molar-refractivity contribution in [1.82, 2.24) is 24.9 Å². The van der Waals surface area contributed by atoms with Gasteiger partial charge in [0.25, 0.3) is 5.91 Å². The molecule has 10 nitrogen and oxygen atoms in total. The standard InChI is InChI=1S/C34H33F4N7O3/c1-19(2)33(47)44-13-11-20(12-14-44)22-15-26(29-27(16-22)41-42-31(29)39)21-3-7-24(8-4-21)40-32(46)30-28(48-18-34(36,37)38)17-45(43-30)25-9-5-23(35)6-10-25/h3-10,15-17,19-20H,11-14,18H2,1-2H3,(H,40,46)(H3,39,41,42). The number of ether oxygens (including phenoxy) is 1. The van der Waals surface area contributed by atoms with E-state index in [9.17, 15) is 27.2 Å². The van der Waals surface area contributed by atoms with Crippen molar-refractivity contribution in [2.75, 3.05) is 30.7 Å². The van der Waals surface area contributed by atoms with Gasteiger partial charge in [-0.25, -0.2) is 9.07 Å². The molecule has 0 radical (unpaired) electrons. The largest absolute Gasteiger partial charge is 0.480 e. The Hall–Kier alpha value is -5.40. The average molecular weight is 664 g/mol. The minimum Gasteiger partial charge on any atom is -0.480 e. The Kier molecular flexibility index (Phi) is 8.82. The topological polar surface area (TPSA) is 131 Å². The number of anilines is 2. The highest BCUT2D eigenvalue weighted by molar-refractivity contribution is 6.05. The molecule has 0 bridgehead atoms. The summed E-state index contributed by atoms with van der Waals surface area (Å²) < 4.78 is 58.3. The number of likely N-dealkylation sites (tertiary alicyclic amines) is 1. The molecule has 6 rings (SSSR count). The maximum absolute atomic E-state index is 13.4. The first kappa shape index (κ1) is 32.5. The van der Waals surface area contributed by atoms with Gasteiger partial charge in [0.2, 0.25) is 5.91 Å². The van der Waals surface area contributed by atoms with E-state index < -0.39 is 24.5 Å². The SMILES string of the molecule is CC(C)C(=O)N1CCC(c2cc(-c3ccc(NC(=O)c4nn(-c5ccc(F)cc5)cc4OCC(F)(F)F)cc3)c3c(N)n[nH]c3c2)CC1. The third-order valence-corrected chi connectivity index (χ3v) is 8.32. The highest BCUT2D eigenvalue weighted by Gasteiger charge is 2.31. The molecule has 2 aromatic heterocycles. The predicted octanol–water partition coefficient (Wildman–Crippen LogP) is 6.69. The highest BCUT2D eigenvalue weighted by Crippen LogP contribution is 2.38. The summed E-state index contributed by atoms with van der Waals surface area (Å²) >= 11 is 0. The summed E-state index contributed by atoms with van der Waals surface area (Å²) in [5.41, 5.74) is 10.1. The molecule has 0 spiro atoms. The van der Waals surface area contributed by atoms with Crippen LogP contribution in [0.4, 0.5) is 29.1 Å². The number of piperidine rings is 1. The van der Waals surface area contributed by atoms with Crippen LogP contribution >= 0.6 is 0 Å². The van der Waals surface area contributed by atoms with Crippen LogP contribution < -0.4 is 15.8 Å². The normalized spacial score (nSPS) is 14.1. The van der Waals surface area contributed by atoms with E-state index in [1.54, 1.807) is 24.3 Å². The first-order valence-corrected chi connectivity index (χ1v) is 15.4. The number of amides is 2. The Balaban J connectivity index is 1.24. The highest BCUT2D eigenvalue weighted by atomic mass is 19.4. The van der Waals surface area contributed by atoms with Crippen molar-refractivity contribution in [2.45, 2.75) is 38.8 Å². The maximum Gasteiger partial charge on any atom is 0.422 e. The van der Waals surface area contributed by atoms with Gasteiger partial charge in [-0.3, -0.25) is 14.7 Å². The van der Waals surface area contributed by atoms with Crippen LogP contribution in [0.5, 0.6) is 5.75 Å². The molecule has 250 valence electrons. The number of hydrogen-bond acceptors (Lipinski definition) is 6. The monoisotopic (exact) mass is 663 g/mol. The van der Waals surface area contributed by atoms with Gasteiger partial charge in [-0.2, -0.15) is 23.4 Å². The van der Waals surface area contributed by atoms with Crippen molar-refractivity contribution >= 4 is 34.2 Å². The number of halogens is 4. The summed E-state index contributed by atoms with van der Waals surface area (Å²) in [5, 5.41) is 14.8. The molecule has 1 fully saturated rings. The number of nitrogen functional groups attached to an aromatic ring is 1. The van der Waals surface area contributed by atoms with Gasteiger partial charge in [0.15, 0.2) is 23.9 Å². The van der Waals surface area contributed by atoms with E-state index in [1.807, 2.05) is 24.8 Å². The van der Waals surface area contributed by atoms with Crippen LogP contribution in [0.15, 0.2) is 66.9 Å². The molecule has 48 heavy (non-hydrogen) atoms. The number of hydrogen-bond donors (Lipinski definition) is 3. The first-order chi connectivity index (χ1) is 22.9. The summed E-state index contributed by atoms with van der Waals surface area (Å²) in [4.78, 5) is 27.7. The third kappa shape index (κ3) is 6.97. The molecular weight excluding hydrogens is 630 g/mol. The number of nitrogens with one attached hydrogen (secondary N) is 2. The van der Waals surface area contributed by atoms with Crippen LogP contribution in [-0.4, -0.2) is 62.6 Å². The Morgan fingerprint density at radius 3 is 2.40 bits per heavy atom. The summed E-state index contributed by atoms with van der Waals surface area (Å²) in [7, 11) is 0. The van der Waals surface area contributed by atoms with Gasteiger partial charge in [0.05, 0.1) is 22.8 Å². The van der Waals surface area contributed by atoms with Crippen LogP contribution in [0.1, 0.15) is 48.7 Å². The van der Waals surface area contributed by atoms with Crippen LogP contribution in [-0.2, 0) is 4.79 Å². The summed E-state index contributed by atoms with van der Waals surface area (Å²) in [6.07, 6.45) is -1.86. The molecule has 2 amide bonds. The molecule has 0 atom stereocenters. The summed E-state index contributed by atoms with van der Waals surface area (Å²) in [5.74, 6) is -1.02. The van der Waals surface area contributed by atoms with Crippen molar-refractivity contribution in [3.8, 4) is 22.6 Å². The second-order valence-corrected chi connectivity index (χ2v) is 12.1. The minimum absolute atomic E-state index is 0.0475. The van der Waals surface area contributed by atoms with Crippen LogP contribution in [0.25, 0.3) is 27.7 Å². The lowest BCUT2D eigenvalue weighted by atomic mass is 9.86. The van der Waals surface area contributed by atoms with E-state index in [4.69, 9.17) is 10.5 Å². The Bertz CT molecular complexity index is 1940. The zero-order valence-electron chi connectivity index (χ0n) is 26.1. The van der Waals surface area contributed by atoms with E-state index >= 15 is 0 Å². The van der Waals surface area contributed by atoms with Gasteiger partial charge >= 0.3 is 6.18 Å². The van der Waals surface area contributed by atoms with Gasteiger partial charge in [-0.1, -0.05) is 26.0 Å². The van der Waals surface area contributed by atoms with Gasteiger partial charge in [0, 0.05) is 24.7 Å². The molecule has 4 N–H and O–H groups in total. The molecule has 3 heterocycles. The number of H-pyrrole nitrogens is 1. The number of carbonyl (C=O) groups is 2.